The number of amides is 2. The number of anilines is 1. The Labute approximate surface area is 156 Å². The Kier molecular flexibility index (Phi) is 6.67. The molecule has 138 valence electrons. The van der Waals surface area contributed by atoms with Gasteiger partial charge >= 0.3 is 0 Å². The zero-order valence-corrected chi connectivity index (χ0v) is 15.9. The van der Waals surface area contributed by atoms with Gasteiger partial charge in [-0.2, -0.15) is 0 Å². The van der Waals surface area contributed by atoms with Crippen molar-refractivity contribution < 1.29 is 18.0 Å². The summed E-state index contributed by atoms with van der Waals surface area (Å²) in [6.45, 7) is -0.0813. The third-order valence-electron chi connectivity index (χ3n) is 3.60. The van der Waals surface area contributed by atoms with Crippen LogP contribution in [0.3, 0.4) is 0 Å². The van der Waals surface area contributed by atoms with Crippen molar-refractivity contribution >= 4 is 50.5 Å². The molecule has 0 aromatic heterocycles. The highest BCUT2D eigenvalue weighted by molar-refractivity contribution is 7.91. The highest BCUT2D eigenvalue weighted by Crippen LogP contribution is 2.20. The van der Waals surface area contributed by atoms with Crippen LogP contribution < -0.4 is 10.6 Å². The molecule has 0 radical (unpaired) electrons. The van der Waals surface area contributed by atoms with E-state index < -0.39 is 21.3 Å². The summed E-state index contributed by atoms with van der Waals surface area (Å²) < 4.78 is 23.0. The highest BCUT2D eigenvalue weighted by atomic mass is 35.5. The Morgan fingerprint density at radius 3 is 2.44 bits per heavy atom. The largest absolute Gasteiger partial charge is 0.350 e. The van der Waals surface area contributed by atoms with Crippen LogP contribution in [-0.4, -0.2) is 68.2 Å². The van der Waals surface area contributed by atoms with Gasteiger partial charge < -0.3 is 10.6 Å². The van der Waals surface area contributed by atoms with E-state index in [4.69, 9.17) is 23.2 Å². The van der Waals surface area contributed by atoms with Gasteiger partial charge in [0.15, 0.2) is 9.84 Å². The molecule has 0 saturated carbocycles. The second-order valence-corrected chi connectivity index (χ2v) is 9.09. The monoisotopic (exact) mass is 407 g/mol. The van der Waals surface area contributed by atoms with Crippen molar-refractivity contribution in [3.8, 4) is 0 Å². The van der Waals surface area contributed by atoms with E-state index >= 15 is 0 Å². The molecule has 7 nitrogen and oxygen atoms in total. The van der Waals surface area contributed by atoms with E-state index in [0.717, 1.165) is 0 Å². The van der Waals surface area contributed by atoms with Crippen LogP contribution in [0.15, 0.2) is 24.3 Å². The molecule has 0 spiro atoms. The molecule has 1 heterocycles. The van der Waals surface area contributed by atoms with Crippen molar-refractivity contribution in [2.45, 2.75) is 11.4 Å². The van der Waals surface area contributed by atoms with E-state index in [1.807, 2.05) is 0 Å². The van der Waals surface area contributed by atoms with Crippen LogP contribution in [-0.2, 0) is 19.4 Å². The summed E-state index contributed by atoms with van der Waals surface area (Å²) in [5.74, 6) is -1.01. The first-order chi connectivity index (χ1) is 11.7. The number of sulfone groups is 1. The number of nitrogens with zero attached hydrogens (tertiary/aromatic N) is 1. The van der Waals surface area contributed by atoms with Crippen molar-refractivity contribution in [3.05, 3.63) is 29.3 Å². The molecule has 2 rings (SSSR count). The summed E-state index contributed by atoms with van der Waals surface area (Å²) in [6.07, 6.45) is 0. The van der Waals surface area contributed by atoms with Gasteiger partial charge in [0.1, 0.15) is 0 Å². The fourth-order valence-electron chi connectivity index (χ4n) is 2.49. The van der Waals surface area contributed by atoms with Gasteiger partial charge in [-0.3, -0.25) is 14.5 Å². The number of rotatable bonds is 6. The van der Waals surface area contributed by atoms with E-state index in [-0.39, 0.29) is 36.4 Å². The lowest BCUT2D eigenvalue weighted by Gasteiger charge is -2.19. The molecule has 2 atom stereocenters. The van der Waals surface area contributed by atoms with Crippen LogP contribution >= 0.6 is 23.2 Å². The molecular formula is C15H19Cl2N3O4S. The Morgan fingerprint density at radius 1 is 1.20 bits per heavy atom. The Morgan fingerprint density at radius 2 is 1.84 bits per heavy atom. The number of hydrogen-bond donors (Lipinski definition) is 2. The highest BCUT2D eigenvalue weighted by Gasteiger charge is 2.37. The standard InChI is InChI=1S/C15H19Cl2N3O4S/c1-20(6-14(21)18-12-5-3-2-4-10(12)16)7-15(22)19-13-9-25(23,24)8-11(13)17/h2-5,11,13H,6-9H2,1H3,(H,18,21)(H,19,22)/t11-,13-/m0/s1. The van der Waals surface area contributed by atoms with Gasteiger partial charge in [0.25, 0.3) is 0 Å². The molecule has 1 aliphatic heterocycles. The summed E-state index contributed by atoms with van der Waals surface area (Å²) in [7, 11) is -1.61. The van der Waals surface area contributed by atoms with Crippen molar-refractivity contribution in [1.82, 2.24) is 10.2 Å². The Hall–Kier alpha value is -1.35. The molecule has 0 bridgehead atoms. The second-order valence-electron chi connectivity index (χ2n) is 5.97. The summed E-state index contributed by atoms with van der Waals surface area (Å²) in [5.41, 5.74) is 0.494. The number of nitrogens with one attached hydrogen (secondary N) is 2. The minimum absolute atomic E-state index is 0.0219. The van der Waals surface area contributed by atoms with Crippen LogP contribution in [0, 0.1) is 0 Å². The topological polar surface area (TPSA) is 95.6 Å². The maximum atomic E-state index is 12.0. The molecule has 1 aromatic rings. The lowest BCUT2D eigenvalue weighted by Crippen LogP contribution is -2.46. The number of carbonyl (C=O) groups is 2. The van der Waals surface area contributed by atoms with E-state index in [0.29, 0.717) is 10.7 Å². The zero-order valence-electron chi connectivity index (χ0n) is 13.5. The van der Waals surface area contributed by atoms with Crippen LogP contribution in [0.5, 0.6) is 0 Å². The Balaban J connectivity index is 1.79. The lowest BCUT2D eigenvalue weighted by atomic mass is 10.2. The number of benzene rings is 1. The van der Waals surface area contributed by atoms with E-state index in [2.05, 4.69) is 10.6 Å². The predicted molar refractivity (Wildman–Crippen MR) is 97.8 cm³/mol. The number of likely N-dealkylation sites (N-methyl/N-ethyl adjacent to an activating group) is 1. The second kappa shape index (κ2) is 8.35. The number of hydrogen-bond acceptors (Lipinski definition) is 5. The van der Waals surface area contributed by atoms with Crippen molar-refractivity contribution in [2.24, 2.45) is 0 Å². The number of carbonyl (C=O) groups excluding carboxylic acids is 2. The smallest absolute Gasteiger partial charge is 0.238 e. The normalized spacial score (nSPS) is 21.9. The van der Waals surface area contributed by atoms with Gasteiger partial charge in [-0.05, 0) is 19.2 Å². The summed E-state index contributed by atoms with van der Waals surface area (Å²) in [6, 6.07) is 6.23. The Bertz CT molecular complexity index is 757. The van der Waals surface area contributed by atoms with Crippen molar-refractivity contribution in [3.63, 3.8) is 0 Å². The van der Waals surface area contributed by atoms with Crippen LogP contribution in [0.25, 0.3) is 0 Å². The first-order valence-electron chi connectivity index (χ1n) is 7.53. The van der Waals surface area contributed by atoms with Crippen molar-refractivity contribution in [1.29, 1.82) is 0 Å². The van der Waals surface area contributed by atoms with E-state index in [1.165, 1.54) is 4.90 Å². The van der Waals surface area contributed by atoms with Gasteiger partial charge in [0.2, 0.25) is 11.8 Å². The fourth-order valence-corrected chi connectivity index (χ4v) is 5.22. The van der Waals surface area contributed by atoms with Crippen molar-refractivity contribution in [2.75, 3.05) is 37.0 Å². The lowest BCUT2D eigenvalue weighted by molar-refractivity contribution is -0.123. The molecule has 1 aliphatic rings. The molecule has 0 unspecified atom stereocenters. The average Bonchev–Trinajstić information content (AvgIpc) is 2.73. The van der Waals surface area contributed by atoms with Gasteiger partial charge in [-0.15, -0.1) is 11.6 Å². The summed E-state index contributed by atoms with van der Waals surface area (Å²) >= 11 is 11.9. The third kappa shape index (κ3) is 6.14. The quantitative estimate of drug-likeness (QED) is 0.677. The fraction of sp³-hybridized carbons (Fsp3) is 0.467. The molecule has 10 heteroatoms. The maximum Gasteiger partial charge on any atom is 0.238 e. The molecule has 1 saturated heterocycles. The van der Waals surface area contributed by atoms with Gasteiger partial charge in [-0.1, -0.05) is 23.7 Å². The zero-order chi connectivity index (χ0) is 18.6. The number of alkyl halides is 1. The molecule has 1 aromatic carbocycles. The molecular weight excluding hydrogens is 389 g/mol. The number of halogens is 2. The van der Waals surface area contributed by atoms with Gasteiger partial charge in [0, 0.05) is 0 Å². The molecule has 2 N–H and O–H groups in total. The molecule has 1 fully saturated rings. The van der Waals surface area contributed by atoms with Crippen LogP contribution in [0.1, 0.15) is 0 Å². The predicted octanol–water partition coefficient (Wildman–Crippen LogP) is 0.731. The van der Waals surface area contributed by atoms with Crippen LogP contribution in [0.4, 0.5) is 5.69 Å². The molecule has 0 aliphatic carbocycles. The van der Waals surface area contributed by atoms with Crippen LogP contribution in [0.2, 0.25) is 5.02 Å². The minimum atomic E-state index is -3.21. The van der Waals surface area contributed by atoms with Gasteiger partial charge in [0.05, 0.1) is 46.7 Å². The van der Waals surface area contributed by atoms with Gasteiger partial charge in [-0.25, -0.2) is 8.42 Å². The first kappa shape index (κ1) is 20.0. The minimum Gasteiger partial charge on any atom is -0.350 e. The number of para-hydroxylation sites is 1. The third-order valence-corrected chi connectivity index (χ3v) is 6.31. The van der Waals surface area contributed by atoms with E-state index in [9.17, 15) is 18.0 Å². The average molecular weight is 408 g/mol. The molecule has 25 heavy (non-hydrogen) atoms. The SMILES string of the molecule is CN(CC(=O)Nc1ccccc1Cl)CC(=O)N[C@H]1CS(=O)(=O)C[C@@H]1Cl. The summed E-state index contributed by atoms with van der Waals surface area (Å²) in [5, 5.41) is 5.05. The molecule has 2 amide bonds. The first-order valence-corrected chi connectivity index (χ1v) is 10.2. The van der Waals surface area contributed by atoms with E-state index in [1.54, 1.807) is 31.3 Å². The maximum absolute atomic E-state index is 12.0. The summed E-state index contributed by atoms with van der Waals surface area (Å²) in [4.78, 5) is 25.5.